The summed E-state index contributed by atoms with van der Waals surface area (Å²) in [5, 5.41) is 0. The molecule has 2 aromatic rings. The van der Waals surface area contributed by atoms with E-state index in [1.54, 1.807) is 0 Å². The molecule has 1 saturated heterocycles. The molecule has 0 saturated carbocycles. The lowest BCUT2D eigenvalue weighted by Crippen LogP contribution is -2.49. The lowest BCUT2D eigenvalue weighted by molar-refractivity contribution is 0.0624. The van der Waals surface area contributed by atoms with Crippen LogP contribution in [-0.2, 0) is 0 Å². The van der Waals surface area contributed by atoms with Gasteiger partial charge in [0.25, 0.3) is 5.91 Å². The van der Waals surface area contributed by atoms with Gasteiger partial charge in [-0.1, -0.05) is 17.7 Å². The van der Waals surface area contributed by atoms with E-state index in [1.165, 1.54) is 0 Å². The molecule has 1 aliphatic rings. The van der Waals surface area contributed by atoms with Crippen LogP contribution in [0.15, 0.2) is 30.3 Å². The van der Waals surface area contributed by atoms with Crippen LogP contribution in [0.1, 0.15) is 37.7 Å². The van der Waals surface area contributed by atoms with Crippen molar-refractivity contribution in [3.05, 3.63) is 58.4 Å². The van der Waals surface area contributed by atoms with Crippen LogP contribution in [0.25, 0.3) is 0 Å². The lowest BCUT2D eigenvalue weighted by atomic mass is 10.1. The van der Waals surface area contributed by atoms with Crippen LogP contribution < -0.4 is 0 Å². The molecule has 3 rings (SSSR count). The molecule has 0 radical (unpaired) electrons. The van der Waals surface area contributed by atoms with Crippen LogP contribution in [0, 0.1) is 20.8 Å². The number of piperazine rings is 1. The first-order chi connectivity index (χ1) is 11.9. The second kappa shape index (κ2) is 7.23. The summed E-state index contributed by atoms with van der Waals surface area (Å²) in [5.41, 5.74) is 4.59. The van der Waals surface area contributed by atoms with E-state index >= 15 is 0 Å². The standard InChI is InChI=1S/C20H25N3O2/c1-14-4-6-17(7-5-14)20(25)23-10-8-22(9-11-23)13-19(24)18-12-15(2)21-16(18)3/h4-7,12,21H,8-11,13H2,1-3H3. The van der Waals surface area contributed by atoms with E-state index in [0.717, 1.165) is 41.2 Å². The van der Waals surface area contributed by atoms with Crippen molar-refractivity contribution in [1.82, 2.24) is 14.8 Å². The van der Waals surface area contributed by atoms with Crippen LogP contribution in [-0.4, -0.2) is 59.2 Å². The third-order valence-electron chi connectivity index (χ3n) is 4.78. The van der Waals surface area contributed by atoms with Crippen LogP contribution in [0.3, 0.4) is 0 Å². The van der Waals surface area contributed by atoms with E-state index in [1.807, 2.05) is 56.0 Å². The molecule has 0 aliphatic carbocycles. The molecule has 1 amide bonds. The number of Topliss-reactive ketones (excluding diaryl/α,β-unsaturated/α-hetero) is 1. The lowest BCUT2D eigenvalue weighted by Gasteiger charge is -2.34. The van der Waals surface area contributed by atoms with Crippen molar-refractivity contribution >= 4 is 11.7 Å². The molecule has 1 aliphatic heterocycles. The number of hydrogen-bond donors (Lipinski definition) is 1. The molecule has 1 N–H and O–H groups in total. The van der Waals surface area contributed by atoms with Gasteiger partial charge in [-0.3, -0.25) is 14.5 Å². The Morgan fingerprint density at radius 2 is 1.64 bits per heavy atom. The van der Waals surface area contributed by atoms with E-state index in [4.69, 9.17) is 0 Å². The number of rotatable bonds is 4. The average Bonchev–Trinajstić information content (AvgIpc) is 2.94. The highest BCUT2D eigenvalue weighted by molar-refractivity contribution is 5.99. The molecule has 2 heterocycles. The highest BCUT2D eigenvalue weighted by atomic mass is 16.2. The number of aryl methyl sites for hydroxylation is 3. The summed E-state index contributed by atoms with van der Waals surface area (Å²) < 4.78 is 0. The summed E-state index contributed by atoms with van der Waals surface area (Å²) in [6.07, 6.45) is 0. The van der Waals surface area contributed by atoms with Gasteiger partial charge >= 0.3 is 0 Å². The number of H-pyrrole nitrogens is 1. The van der Waals surface area contributed by atoms with E-state index < -0.39 is 0 Å². The van der Waals surface area contributed by atoms with Crippen LogP contribution in [0.5, 0.6) is 0 Å². The summed E-state index contributed by atoms with van der Waals surface area (Å²) >= 11 is 0. The van der Waals surface area contributed by atoms with E-state index in [2.05, 4.69) is 9.88 Å². The number of benzene rings is 1. The third kappa shape index (κ3) is 3.99. The summed E-state index contributed by atoms with van der Waals surface area (Å²) in [5.74, 6) is 0.211. The molecule has 1 fully saturated rings. The van der Waals surface area contributed by atoms with Crippen molar-refractivity contribution < 1.29 is 9.59 Å². The van der Waals surface area contributed by atoms with E-state index in [9.17, 15) is 9.59 Å². The number of amides is 1. The minimum Gasteiger partial charge on any atom is -0.362 e. The summed E-state index contributed by atoms with van der Waals surface area (Å²) in [6.45, 7) is 9.08. The molecular formula is C20H25N3O2. The monoisotopic (exact) mass is 339 g/mol. The van der Waals surface area contributed by atoms with Gasteiger partial charge < -0.3 is 9.88 Å². The zero-order valence-electron chi connectivity index (χ0n) is 15.1. The molecule has 25 heavy (non-hydrogen) atoms. The number of hydrogen-bond acceptors (Lipinski definition) is 3. The number of aromatic amines is 1. The Kier molecular flexibility index (Phi) is 5.04. The minimum atomic E-state index is 0.0723. The van der Waals surface area contributed by atoms with Crippen molar-refractivity contribution in [1.29, 1.82) is 0 Å². The SMILES string of the molecule is Cc1ccc(C(=O)N2CCN(CC(=O)c3cc(C)[nH]c3C)CC2)cc1. The first-order valence-electron chi connectivity index (χ1n) is 8.72. The highest BCUT2D eigenvalue weighted by Gasteiger charge is 2.24. The van der Waals surface area contributed by atoms with Crippen LogP contribution >= 0.6 is 0 Å². The maximum atomic E-state index is 12.5. The zero-order chi connectivity index (χ0) is 18.0. The summed E-state index contributed by atoms with van der Waals surface area (Å²) in [4.78, 5) is 32.2. The molecule has 132 valence electrons. The maximum Gasteiger partial charge on any atom is 0.253 e. The van der Waals surface area contributed by atoms with Crippen molar-refractivity contribution in [3.63, 3.8) is 0 Å². The fourth-order valence-corrected chi connectivity index (χ4v) is 3.29. The van der Waals surface area contributed by atoms with Gasteiger partial charge in [-0.15, -0.1) is 0 Å². The normalized spacial score (nSPS) is 15.4. The van der Waals surface area contributed by atoms with Crippen LogP contribution in [0.4, 0.5) is 0 Å². The third-order valence-corrected chi connectivity index (χ3v) is 4.78. The van der Waals surface area contributed by atoms with Crippen molar-refractivity contribution in [2.75, 3.05) is 32.7 Å². The Labute approximate surface area is 148 Å². The van der Waals surface area contributed by atoms with Crippen molar-refractivity contribution in [2.45, 2.75) is 20.8 Å². The summed E-state index contributed by atoms with van der Waals surface area (Å²) in [6, 6.07) is 9.59. The number of nitrogens with zero attached hydrogens (tertiary/aromatic N) is 2. The van der Waals surface area contributed by atoms with Gasteiger partial charge in [0, 0.05) is 48.7 Å². The van der Waals surface area contributed by atoms with E-state index in [-0.39, 0.29) is 11.7 Å². The molecule has 5 nitrogen and oxygen atoms in total. The molecular weight excluding hydrogens is 314 g/mol. The largest absolute Gasteiger partial charge is 0.362 e. The van der Waals surface area contributed by atoms with Gasteiger partial charge in [0.1, 0.15) is 0 Å². The molecule has 5 heteroatoms. The second-order valence-electron chi connectivity index (χ2n) is 6.85. The Morgan fingerprint density at radius 3 is 2.20 bits per heavy atom. The Balaban J connectivity index is 1.55. The molecule has 0 unspecified atom stereocenters. The first kappa shape index (κ1) is 17.4. The number of carbonyl (C=O) groups is 2. The predicted molar refractivity (Wildman–Crippen MR) is 98.1 cm³/mol. The van der Waals surface area contributed by atoms with Gasteiger partial charge in [0.05, 0.1) is 6.54 Å². The van der Waals surface area contributed by atoms with Crippen LogP contribution in [0.2, 0.25) is 0 Å². The Bertz CT molecular complexity index is 769. The minimum absolute atomic E-state index is 0.0723. The zero-order valence-corrected chi connectivity index (χ0v) is 15.1. The number of aromatic nitrogens is 1. The molecule has 1 aromatic heterocycles. The smallest absolute Gasteiger partial charge is 0.253 e. The van der Waals surface area contributed by atoms with Gasteiger partial charge in [-0.2, -0.15) is 0 Å². The van der Waals surface area contributed by atoms with E-state index in [0.29, 0.717) is 19.6 Å². The molecule has 0 spiro atoms. The van der Waals surface area contributed by atoms with Crippen molar-refractivity contribution in [3.8, 4) is 0 Å². The molecule has 0 bridgehead atoms. The Morgan fingerprint density at radius 1 is 1.00 bits per heavy atom. The number of ketones is 1. The van der Waals surface area contributed by atoms with Gasteiger partial charge in [-0.05, 0) is 39.0 Å². The number of nitrogens with one attached hydrogen (secondary N) is 1. The fraction of sp³-hybridized carbons (Fsp3) is 0.400. The second-order valence-corrected chi connectivity index (χ2v) is 6.85. The van der Waals surface area contributed by atoms with Crippen molar-refractivity contribution in [2.24, 2.45) is 0 Å². The van der Waals surface area contributed by atoms with Gasteiger partial charge in [0.15, 0.2) is 5.78 Å². The topological polar surface area (TPSA) is 56.4 Å². The number of carbonyl (C=O) groups excluding carboxylic acids is 2. The maximum absolute atomic E-state index is 12.5. The van der Waals surface area contributed by atoms with Gasteiger partial charge in [0.2, 0.25) is 0 Å². The molecule has 0 atom stereocenters. The average molecular weight is 339 g/mol. The molecule has 1 aromatic carbocycles. The highest BCUT2D eigenvalue weighted by Crippen LogP contribution is 2.13. The fourth-order valence-electron chi connectivity index (χ4n) is 3.29. The quantitative estimate of drug-likeness (QED) is 0.871. The Hall–Kier alpha value is -2.40. The predicted octanol–water partition coefficient (Wildman–Crippen LogP) is 2.58. The summed E-state index contributed by atoms with van der Waals surface area (Å²) in [7, 11) is 0. The first-order valence-corrected chi connectivity index (χ1v) is 8.72. The van der Waals surface area contributed by atoms with Gasteiger partial charge in [-0.25, -0.2) is 0 Å².